The van der Waals surface area contributed by atoms with Crippen molar-refractivity contribution in [3.63, 3.8) is 0 Å². The molecular weight excluding hydrogens is 164 g/mol. The van der Waals surface area contributed by atoms with Crippen LogP contribution >= 0.6 is 0 Å². The molecule has 0 aromatic rings. The van der Waals surface area contributed by atoms with E-state index in [0.29, 0.717) is 0 Å². The van der Waals surface area contributed by atoms with E-state index in [2.05, 4.69) is 0 Å². The lowest BCUT2D eigenvalue weighted by atomic mass is 9.69. The first-order valence-electron chi connectivity index (χ1n) is 5.29. The SMILES string of the molecule is CC1(O)CCCCC1C1(C=O)CC1. The minimum absolute atomic E-state index is 0.135. The van der Waals surface area contributed by atoms with Gasteiger partial charge in [0, 0.05) is 5.41 Å². The molecule has 2 saturated carbocycles. The Morgan fingerprint density at radius 2 is 2.00 bits per heavy atom. The summed E-state index contributed by atoms with van der Waals surface area (Å²) in [6.07, 6.45) is 7.28. The van der Waals surface area contributed by atoms with Gasteiger partial charge in [-0.15, -0.1) is 0 Å². The molecular formula is C11H18O2. The van der Waals surface area contributed by atoms with Gasteiger partial charge in [-0.1, -0.05) is 12.8 Å². The van der Waals surface area contributed by atoms with E-state index in [-0.39, 0.29) is 11.3 Å². The van der Waals surface area contributed by atoms with Gasteiger partial charge in [-0.05, 0) is 38.5 Å². The maximum absolute atomic E-state index is 11.0. The van der Waals surface area contributed by atoms with Gasteiger partial charge in [0.1, 0.15) is 6.29 Å². The molecule has 1 N–H and O–H groups in total. The third kappa shape index (κ3) is 1.41. The van der Waals surface area contributed by atoms with Gasteiger partial charge in [-0.25, -0.2) is 0 Å². The first-order valence-corrected chi connectivity index (χ1v) is 5.29. The van der Waals surface area contributed by atoms with Crippen molar-refractivity contribution in [2.75, 3.05) is 0 Å². The maximum atomic E-state index is 11.0. The number of carbonyl (C=O) groups is 1. The zero-order valence-corrected chi connectivity index (χ0v) is 8.25. The smallest absolute Gasteiger partial charge is 0.126 e. The minimum Gasteiger partial charge on any atom is -0.390 e. The summed E-state index contributed by atoms with van der Waals surface area (Å²) in [6.45, 7) is 1.90. The minimum atomic E-state index is -0.588. The van der Waals surface area contributed by atoms with Crippen molar-refractivity contribution >= 4 is 6.29 Å². The summed E-state index contributed by atoms with van der Waals surface area (Å²) in [6, 6.07) is 0. The summed E-state index contributed by atoms with van der Waals surface area (Å²) in [5.74, 6) is 0.228. The van der Waals surface area contributed by atoms with Gasteiger partial charge in [0.15, 0.2) is 0 Å². The summed E-state index contributed by atoms with van der Waals surface area (Å²) in [7, 11) is 0. The molecule has 0 aromatic carbocycles. The molecule has 0 aromatic heterocycles. The summed E-state index contributed by atoms with van der Waals surface area (Å²) in [4.78, 5) is 11.0. The van der Waals surface area contributed by atoms with Gasteiger partial charge < -0.3 is 9.90 Å². The molecule has 74 valence electrons. The highest BCUT2D eigenvalue weighted by molar-refractivity contribution is 5.64. The third-order valence-electron chi connectivity index (χ3n) is 3.93. The van der Waals surface area contributed by atoms with E-state index < -0.39 is 5.60 Å². The monoisotopic (exact) mass is 182 g/mol. The van der Waals surface area contributed by atoms with Crippen LogP contribution in [0.1, 0.15) is 45.4 Å². The van der Waals surface area contributed by atoms with Crippen molar-refractivity contribution in [2.24, 2.45) is 11.3 Å². The molecule has 0 spiro atoms. The molecule has 0 aliphatic heterocycles. The topological polar surface area (TPSA) is 37.3 Å². The molecule has 2 nitrogen and oxygen atoms in total. The standard InChI is InChI=1S/C11H18O2/c1-10(13)5-3-2-4-9(10)11(8-12)6-7-11/h8-9,13H,2-7H2,1H3. The second-order valence-corrected chi connectivity index (χ2v) is 5.01. The Bertz CT molecular complexity index is 216. The van der Waals surface area contributed by atoms with E-state index in [4.69, 9.17) is 0 Å². The van der Waals surface area contributed by atoms with Crippen LogP contribution in [-0.2, 0) is 4.79 Å². The van der Waals surface area contributed by atoms with Crippen LogP contribution in [0.5, 0.6) is 0 Å². The Kier molecular flexibility index (Phi) is 1.99. The predicted octanol–water partition coefficient (Wildman–Crippen LogP) is 1.91. The van der Waals surface area contributed by atoms with Crippen molar-refractivity contribution in [3.05, 3.63) is 0 Å². The summed E-state index contributed by atoms with van der Waals surface area (Å²) in [5.41, 5.74) is -0.723. The fraction of sp³-hybridized carbons (Fsp3) is 0.909. The second-order valence-electron chi connectivity index (χ2n) is 5.01. The zero-order valence-electron chi connectivity index (χ0n) is 8.25. The van der Waals surface area contributed by atoms with Crippen molar-refractivity contribution in [3.8, 4) is 0 Å². The largest absolute Gasteiger partial charge is 0.390 e. The van der Waals surface area contributed by atoms with Gasteiger partial charge in [-0.2, -0.15) is 0 Å². The van der Waals surface area contributed by atoms with Crippen molar-refractivity contribution in [2.45, 2.75) is 51.0 Å². The van der Waals surface area contributed by atoms with Gasteiger partial charge >= 0.3 is 0 Å². The first kappa shape index (κ1) is 9.20. The lowest BCUT2D eigenvalue weighted by Crippen LogP contribution is -2.43. The molecule has 2 atom stereocenters. The van der Waals surface area contributed by atoms with Crippen LogP contribution in [0.15, 0.2) is 0 Å². The number of aldehydes is 1. The normalized spacial score (nSPS) is 42.8. The van der Waals surface area contributed by atoms with Gasteiger partial charge in [-0.3, -0.25) is 0 Å². The molecule has 2 aliphatic rings. The Hall–Kier alpha value is -0.370. The fourth-order valence-electron chi connectivity index (χ4n) is 2.92. The molecule has 2 aliphatic carbocycles. The van der Waals surface area contributed by atoms with Gasteiger partial charge in [0.05, 0.1) is 5.60 Å². The molecule has 2 heteroatoms. The van der Waals surface area contributed by atoms with Gasteiger partial charge in [0.2, 0.25) is 0 Å². The highest BCUT2D eigenvalue weighted by Crippen LogP contribution is 2.57. The molecule has 0 radical (unpaired) electrons. The molecule has 0 bridgehead atoms. The lowest BCUT2D eigenvalue weighted by Gasteiger charge is -2.40. The van der Waals surface area contributed by atoms with E-state index >= 15 is 0 Å². The number of aliphatic hydroxyl groups is 1. The average Bonchev–Trinajstić information content (AvgIpc) is 2.84. The molecule has 0 heterocycles. The van der Waals surface area contributed by atoms with E-state index in [1.54, 1.807) is 0 Å². The van der Waals surface area contributed by atoms with Crippen LogP contribution in [0, 0.1) is 11.3 Å². The summed E-state index contributed by atoms with van der Waals surface area (Å²) in [5, 5.41) is 10.2. The van der Waals surface area contributed by atoms with Crippen LogP contribution in [0.3, 0.4) is 0 Å². The van der Waals surface area contributed by atoms with Gasteiger partial charge in [0.25, 0.3) is 0 Å². The Morgan fingerprint density at radius 1 is 1.31 bits per heavy atom. The number of hydrogen-bond donors (Lipinski definition) is 1. The quantitative estimate of drug-likeness (QED) is 0.662. The van der Waals surface area contributed by atoms with Crippen LogP contribution < -0.4 is 0 Å². The molecule has 0 amide bonds. The molecule has 2 fully saturated rings. The molecule has 2 unspecified atom stereocenters. The Labute approximate surface area is 79.3 Å². The lowest BCUT2D eigenvalue weighted by molar-refractivity contribution is -0.122. The van der Waals surface area contributed by atoms with E-state index in [1.165, 1.54) is 6.42 Å². The fourth-order valence-corrected chi connectivity index (χ4v) is 2.92. The predicted molar refractivity (Wildman–Crippen MR) is 50.3 cm³/mol. The van der Waals surface area contributed by atoms with Crippen molar-refractivity contribution in [1.29, 1.82) is 0 Å². The number of carbonyl (C=O) groups excluding carboxylic acids is 1. The van der Waals surface area contributed by atoms with Crippen molar-refractivity contribution < 1.29 is 9.90 Å². The first-order chi connectivity index (χ1) is 6.11. The van der Waals surface area contributed by atoms with Crippen LogP contribution in [0.4, 0.5) is 0 Å². The van der Waals surface area contributed by atoms with Crippen LogP contribution in [0.25, 0.3) is 0 Å². The molecule has 0 saturated heterocycles. The zero-order chi connectivity index (χ0) is 9.53. The van der Waals surface area contributed by atoms with Crippen molar-refractivity contribution in [1.82, 2.24) is 0 Å². The number of hydrogen-bond acceptors (Lipinski definition) is 2. The maximum Gasteiger partial charge on any atom is 0.126 e. The Morgan fingerprint density at radius 3 is 2.46 bits per heavy atom. The summed E-state index contributed by atoms with van der Waals surface area (Å²) < 4.78 is 0. The highest BCUT2D eigenvalue weighted by Gasteiger charge is 2.55. The van der Waals surface area contributed by atoms with E-state index in [9.17, 15) is 9.90 Å². The van der Waals surface area contributed by atoms with E-state index in [1.807, 2.05) is 6.92 Å². The van der Waals surface area contributed by atoms with Crippen LogP contribution in [0.2, 0.25) is 0 Å². The second kappa shape index (κ2) is 2.81. The third-order valence-corrected chi connectivity index (χ3v) is 3.93. The Balaban J connectivity index is 2.16. The summed E-state index contributed by atoms with van der Waals surface area (Å²) >= 11 is 0. The highest BCUT2D eigenvalue weighted by atomic mass is 16.3. The number of rotatable bonds is 2. The molecule has 13 heavy (non-hydrogen) atoms. The molecule has 2 rings (SSSR count). The van der Waals surface area contributed by atoms with Crippen LogP contribution in [-0.4, -0.2) is 17.0 Å². The van der Waals surface area contributed by atoms with E-state index in [0.717, 1.165) is 38.4 Å². The average molecular weight is 182 g/mol.